The minimum Gasteiger partial charge on any atom is -0.329 e. The van der Waals surface area contributed by atoms with Crippen LogP contribution in [0.25, 0.3) is 10.2 Å². The van der Waals surface area contributed by atoms with Crippen LogP contribution in [0.1, 0.15) is 43.4 Å². The number of carbonyl (C=O) groups excluding carboxylic acids is 1. The average molecular weight is 417 g/mol. The fraction of sp³-hybridized carbons (Fsp3) is 0.250. The van der Waals surface area contributed by atoms with Gasteiger partial charge in [-0.05, 0) is 56.0 Å². The molecule has 1 amide bonds. The van der Waals surface area contributed by atoms with Gasteiger partial charge in [-0.2, -0.15) is 0 Å². The fourth-order valence-electron chi connectivity index (χ4n) is 3.73. The zero-order valence-corrected chi connectivity index (χ0v) is 18.5. The average Bonchev–Trinajstić information content (AvgIpc) is 3.05. The second-order valence-corrected chi connectivity index (χ2v) is 8.54. The summed E-state index contributed by atoms with van der Waals surface area (Å²) >= 11 is 1.46. The number of aromatic nitrogens is 3. The maximum absolute atomic E-state index is 13.7. The van der Waals surface area contributed by atoms with E-state index in [1.807, 2.05) is 56.1 Å². The van der Waals surface area contributed by atoms with E-state index in [-0.39, 0.29) is 5.91 Å². The van der Waals surface area contributed by atoms with Gasteiger partial charge < -0.3 is 4.90 Å². The first kappa shape index (κ1) is 20.2. The number of amides is 1. The first-order chi connectivity index (χ1) is 14.4. The Hall–Kier alpha value is -3.12. The van der Waals surface area contributed by atoms with E-state index in [1.165, 1.54) is 16.9 Å². The number of pyridine rings is 1. The molecule has 4 aromatic rings. The highest BCUT2D eigenvalue weighted by atomic mass is 32.1. The highest BCUT2D eigenvalue weighted by molar-refractivity contribution is 7.20. The molecule has 0 spiro atoms. The molecule has 1 aromatic carbocycles. The van der Waals surface area contributed by atoms with Crippen LogP contribution in [0, 0.1) is 27.7 Å². The molecule has 0 aliphatic rings. The molecule has 0 bridgehead atoms. The molecule has 3 heterocycles. The summed E-state index contributed by atoms with van der Waals surface area (Å²) < 4.78 is 0. The van der Waals surface area contributed by atoms with Gasteiger partial charge in [0.1, 0.15) is 10.7 Å². The van der Waals surface area contributed by atoms with Gasteiger partial charge in [0.2, 0.25) is 0 Å². The second kappa shape index (κ2) is 8.32. The highest BCUT2D eigenvalue weighted by Crippen LogP contribution is 2.32. The molecule has 0 aliphatic heterocycles. The lowest BCUT2D eigenvalue weighted by molar-refractivity contribution is 0.0734. The lowest BCUT2D eigenvalue weighted by atomic mass is 10.1. The summed E-state index contributed by atoms with van der Waals surface area (Å²) in [7, 11) is 0. The summed E-state index contributed by atoms with van der Waals surface area (Å²) in [6.07, 6.45) is 3.56. The van der Waals surface area contributed by atoms with Crippen molar-refractivity contribution in [2.75, 3.05) is 0 Å². The molecule has 0 unspecified atom stereocenters. The van der Waals surface area contributed by atoms with Crippen LogP contribution in [0.15, 0.2) is 48.8 Å². The zero-order chi connectivity index (χ0) is 21.3. The standard InChI is InChI=1S/C24H24N4OS/c1-15-8-5-6-10-20(15)14-28(13-19-9-7-11-25-12-19)24(29)22-16(2)21-17(3)26-18(4)27-23(21)30-22/h5-12H,13-14H2,1-4H3. The van der Waals surface area contributed by atoms with Crippen LogP contribution in [0.4, 0.5) is 0 Å². The molecular formula is C24H24N4OS. The van der Waals surface area contributed by atoms with Crippen LogP contribution in [-0.2, 0) is 13.1 Å². The monoisotopic (exact) mass is 416 g/mol. The van der Waals surface area contributed by atoms with Gasteiger partial charge in [0.25, 0.3) is 5.91 Å². The number of hydrogen-bond donors (Lipinski definition) is 0. The first-order valence-corrected chi connectivity index (χ1v) is 10.7. The molecule has 5 nitrogen and oxygen atoms in total. The van der Waals surface area contributed by atoms with Crippen LogP contribution in [0.3, 0.4) is 0 Å². The van der Waals surface area contributed by atoms with Crippen molar-refractivity contribution in [1.29, 1.82) is 0 Å². The van der Waals surface area contributed by atoms with Gasteiger partial charge in [-0.1, -0.05) is 30.3 Å². The molecule has 4 rings (SSSR count). The number of fused-ring (bicyclic) bond motifs is 1. The Balaban J connectivity index is 1.75. The van der Waals surface area contributed by atoms with Crippen molar-refractivity contribution in [3.63, 3.8) is 0 Å². The Morgan fingerprint density at radius 1 is 1.00 bits per heavy atom. The van der Waals surface area contributed by atoms with Crippen molar-refractivity contribution in [2.24, 2.45) is 0 Å². The van der Waals surface area contributed by atoms with Crippen LogP contribution >= 0.6 is 11.3 Å². The normalized spacial score (nSPS) is 11.1. The third-order valence-electron chi connectivity index (χ3n) is 5.28. The summed E-state index contributed by atoms with van der Waals surface area (Å²) in [5.74, 6) is 0.743. The van der Waals surface area contributed by atoms with Crippen molar-refractivity contribution in [3.05, 3.63) is 87.4 Å². The Kier molecular flexibility index (Phi) is 5.59. The van der Waals surface area contributed by atoms with E-state index < -0.39 is 0 Å². The molecule has 6 heteroatoms. The number of aryl methyl sites for hydroxylation is 4. The van der Waals surface area contributed by atoms with Crippen molar-refractivity contribution in [2.45, 2.75) is 40.8 Å². The quantitative estimate of drug-likeness (QED) is 0.451. The van der Waals surface area contributed by atoms with Gasteiger partial charge in [-0.3, -0.25) is 9.78 Å². The molecule has 0 saturated heterocycles. The molecule has 0 radical (unpaired) electrons. The van der Waals surface area contributed by atoms with E-state index in [0.717, 1.165) is 43.3 Å². The number of thiophene rings is 1. The molecule has 0 saturated carbocycles. The van der Waals surface area contributed by atoms with Gasteiger partial charge in [0.05, 0.1) is 4.88 Å². The van der Waals surface area contributed by atoms with Crippen molar-refractivity contribution in [1.82, 2.24) is 19.9 Å². The molecule has 152 valence electrons. The number of hydrogen-bond acceptors (Lipinski definition) is 5. The van der Waals surface area contributed by atoms with E-state index in [1.54, 1.807) is 6.20 Å². The van der Waals surface area contributed by atoms with Gasteiger partial charge in [-0.15, -0.1) is 11.3 Å². The molecule has 0 aliphatic carbocycles. The van der Waals surface area contributed by atoms with Crippen molar-refractivity contribution >= 4 is 27.5 Å². The van der Waals surface area contributed by atoms with E-state index in [2.05, 4.69) is 34.0 Å². The Morgan fingerprint density at radius 2 is 1.80 bits per heavy atom. The molecule has 0 fully saturated rings. The fourth-order valence-corrected chi connectivity index (χ4v) is 4.97. The zero-order valence-electron chi connectivity index (χ0n) is 17.6. The summed E-state index contributed by atoms with van der Waals surface area (Å²) in [4.78, 5) is 30.5. The van der Waals surface area contributed by atoms with Gasteiger partial charge in [-0.25, -0.2) is 9.97 Å². The Morgan fingerprint density at radius 3 is 2.53 bits per heavy atom. The predicted octanol–water partition coefficient (Wildman–Crippen LogP) is 5.16. The lowest BCUT2D eigenvalue weighted by Gasteiger charge is -2.23. The molecule has 0 N–H and O–H groups in total. The minimum absolute atomic E-state index is 0.0136. The number of rotatable bonds is 5. The summed E-state index contributed by atoms with van der Waals surface area (Å²) in [6.45, 7) is 8.97. The minimum atomic E-state index is 0.0136. The second-order valence-electron chi connectivity index (χ2n) is 7.54. The largest absolute Gasteiger partial charge is 0.329 e. The maximum atomic E-state index is 13.7. The third-order valence-corrected chi connectivity index (χ3v) is 6.46. The molecule has 3 aromatic heterocycles. The summed E-state index contributed by atoms with van der Waals surface area (Å²) in [5.41, 5.74) is 5.19. The van der Waals surface area contributed by atoms with Crippen molar-refractivity contribution < 1.29 is 4.79 Å². The van der Waals surface area contributed by atoms with Crippen LogP contribution in [0.5, 0.6) is 0 Å². The smallest absolute Gasteiger partial charge is 0.264 e. The van der Waals surface area contributed by atoms with E-state index in [9.17, 15) is 4.79 Å². The number of benzene rings is 1. The van der Waals surface area contributed by atoms with Gasteiger partial charge in [0, 0.05) is 36.6 Å². The highest BCUT2D eigenvalue weighted by Gasteiger charge is 2.24. The van der Waals surface area contributed by atoms with E-state index >= 15 is 0 Å². The molecular weight excluding hydrogens is 392 g/mol. The van der Waals surface area contributed by atoms with Crippen LogP contribution < -0.4 is 0 Å². The topological polar surface area (TPSA) is 59.0 Å². The SMILES string of the molecule is Cc1nc(C)c2c(C)c(C(=O)N(Cc3cccnc3)Cc3ccccc3C)sc2n1. The van der Waals surface area contributed by atoms with Gasteiger partial charge in [0.15, 0.2) is 0 Å². The number of nitrogens with zero attached hydrogens (tertiary/aromatic N) is 4. The lowest BCUT2D eigenvalue weighted by Crippen LogP contribution is -2.30. The van der Waals surface area contributed by atoms with E-state index in [4.69, 9.17) is 0 Å². The summed E-state index contributed by atoms with van der Waals surface area (Å²) in [6, 6.07) is 12.1. The molecule has 0 atom stereocenters. The van der Waals surface area contributed by atoms with Crippen LogP contribution in [0.2, 0.25) is 0 Å². The van der Waals surface area contributed by atoms with E-state index in [0.29, 0.717) is 13.1 Å². The number of carbonyl (C=O) groups is 1. The van der Waals surface area contributed by atoms with Gasteiger partial charge >= 0.3 is 0 Å². The molecule has 30 heavy (non-hydrogen) atoms. The third kappa shape index (κ3) is 3.96. The maximum Gasteiger partial charge on any atom is 0.264 e. The Labute approximate surface area is 180 Å². The predicted molar refractivity (Wildman–Crippen MR) is 121 cm³/mol. The van der Waals surface area contributed by atoms with Crippen molar-refractivity contribution in [3.8, 4) is 0 Å². The van der Waals surface area contributed by atoms with Crippen LogP contribution in [-0.4, -0.2) is 25.8 Å². The Bertz CT molecular complexity index is 1220. The summed E-state index contributed by atoms with van der Waals surface area (Å²) in [5, 5.41) is 0.992. The first-order valence-electron chi connectivity index (χ1n) is 9.91.